The van der Waals surface area contributed by atoms with Crippen LogP contribution >= 0.6 is 0 Å². The molecule has 1 saturated heterocycles. The largest absolute Gasteiger partial charge is 0.381 e. The Balaban J connectivity index is 1.58. The lowest BCUT2D eigenvalue weighted by Gasteiger charge is -2.21. The zero-order valence-corrected chi connectivity index (χ0v) is 13.1. The summed E-state index contributed by atoms with van der Waals surface area (Å²) >= 11 is 0. The number of nitrogens with one attached hydrogen (secondary N) is 2. The van der Waals surface area contributed by atoms with Crippen LogP contribution in [0.3, 0.4) is 0 Å². The topological polar surface area (TPSA) is 67.0 Å². The summed E-state index contributed by atoms with van der Waals surface area (Å²) in [5, 5.41) is 10.3. The van der Waals surface area contributed by atoms with E-state index in [1.54, 1.807) is 0 Å². The van der Waals surface area contributed by atoms with Gasteiger partial charge in [-0.05, 0) is 43.9 Å². The molecule has 0 spiro atoms. The normalized spacial score (nSPS) is 26.1. The second kappa shape index (κ2) is 5.79. The van der Waals surface area contributed by atoms with Crippen LogP contribution in [0.15, 0.2) is 0 Å². The standard InChI is InChI=1S/C16H25N3O2/c1-9(2)14-10(3)15(19-18-14)17-16(20)13-8-12(13)11-4-6-21-7-5-11/h9,11-13H,4-8H2,1-3H3,(H2,17,18,19,20)/t12-,13+/m0/s1. The van der Waals surface area contributed by atoms with Gasteiger partial charge in [-0.3, -0.25) is 9.89 Å². The molecule has 3 rings (SSSR count). The maximum absolute atomic E-state index is 12.4. The molecule has 2 aliphatic rings. The van der Waals surface area contributed by atoms with Crippen LogP contribution in [0, 0.1) is 24.7 Å². The van der Waals surface area contributed by atoms with Crippen LogP contribution in [-0.4, -0.2) is 29.3 Å². The molecular formula is C16H25N3O2. The van der Waals surface area contributed by atoms with Gasteiger partial charge in [-0.15, -0.1) is 0 Å². The fourth-order valence-electron chi connectivity index (χ4n) is 3.49. The molecule has 116 valence electrons. The highest BCUT2D eigenvalue weighted by Gasteiger charge is 2.47. The zero-order chi connectivity index (χ0) is 15.0. The molecule has 1 aromatic rings. The monoisotopic (exact) mass is 291 g/mol. The van der Waals surface area contributed by atoms with E-state index in [2.05, 4.69) is 29.4 Å². The molecule has 1 aliphatic carbocycles. The lowest BCUT2D eigenvalue weighted by molar-refractivity contribution is -0.117. The highest BCUT2D eigenvalue weighted by molar-refractivity contribution is 5.94. The van der Waals surface area contributed by atoms with Crippen molar-refractivity contribution in [2.45, 2.75) is 46.0 Å². The first-order valence-electron chi connectivity index (χ1n) is 8.01. The molecule has 0 radical (unpaired) electrons. The lowest BCUT2D eigenvalue weighted by atomic mass is 9.93. The average molecular weight is 291 g/mol. The Bertz CT molecular complexity index is 518. The first-order valence-corrected chi connectivity index (χ1v) is 8.01. The van der Waals surface area contributed by atoms with Crippen molar-refractivity contribution in [3.8, 4) is 0 Å². The smallest absolute Gasteiger partial charge is 0.228 e. The van der Waals surface area contributed by atoms with E-state index in [0.717, 1.165) is 43.7 Å². The molecule has 21 heavy (non-hydrogen) atoms. The Morgan fingerprint density at radius 1 is 1.38 bits per heavy atom. The summed E-state index contributed by atoms with van der Waals surface area (Å²) in [5.41, 5.74) is 2.16. The zero-order valence-electron chi connectivity index (χ0n) is 13.1. The number of H-pyrrole nitrogens is 1. The third-order valence-corrected chi connectivity index (χ3v) is 4.91. The fourth-order valence-corrected chi connectivity index (χ4v) is 3.49. The SMILES string of the molecule is Cc1c(NC(=O)[C@@H]2C[C@H]2C2CCOCC2)n[nH]c1C(C)C. The van der Waals surface area contributed by atoms with Crippen LogP contribution in [0.5, 0.6) is 0 Å². The van der Waals surface area contributed by atoms with Crippen molar-refractivity contribution in [3.05, 3.63) is 11.3 Å². The number of hydrogen-bond acceptors (Lipinski definition) is 3. The van der Waals surface area contributed by atoms with E-state index in [0.29, 0.717) is 23.6 Å². The van der Waals surface area contributed by atoms with Crippen molar-refractivity contribution in [1.29, 1.82) is 0 Å². The van der Waals surface area contributed by atoms with Gasteiger partial charge in [0.25, 0.3) is 0 Å². The van der Waals surface area contributed by atoms with E-state index in [-0.39, 0.29) is 11.8 Å². The summed E-state index contributed by atoms with van der Waals surface area (Å²) in [5.74, 6) is 2.61. The molecule has 1 saturated carbocycles. The molecule has 5 heteroatoms. The van der Waals surface area contributed by atoms with Gasteiger partial charge in [0.1, 0.15) is 0 Å². The summed E-state index contributed by atoms with van der Waals surface area (Å²) in [6, 6.07) is 0. The van der Waals surface area contributed by atoms with Crippen LogP contribution in [0.25, 0.3) is 0 Å². The van der Waals surface area contributed by atoms with Gasteiger partial charge in [-0.25, -0.2) is 0 Å². The minimum absolute atomic E-state index is 0.136. The van der Waals surface area contributed by atoms with E-state index in [1.807, 2.05) is 6.92 Å². The van der Waals surface area contributed by atoms with Crippen LogP contribution in [0.1, 0.15) is 50.3 Å². The van der Waals surface area contributed by atoms with Gasteiger partial charge in [0.2, 0.25) is 5.91 Å². The number of aromatic nitrogens is 2. The number of aromatic amines is 1. The lowest BCUT2D eigenvalue weighted by Crippen LogP contribution is -2.21. The van der Waals surface area contributed by atoms with Gasteiger partial charge in [0.15, 0.2) is 5.82 Å². The molecule has 1 aromatic heterocycles. The summed E-state index contributed by atoms with van der Waals surface area (Å²) in [6.07, 6.45) is 3.23. The Hall–Kier alpha value is -1.36. The van der Waals surface area contributed by atoms with Crippen LogP contribution < -0.4 is 5.32 Å². The number of hydrogen-bond donors (Lipinski definition) is 2. The Morgan fingerprint density at radius 2 is 2.10 bits per heavy atom. The minimum atomic E-state index is 0.136. The maximum atomic E-state index is 12.4. The first kappa shape index (κ1) is 14.6. The minimum Gasteiger partial charge on any atom is -0.381 e. The van der Waals surface area contributed by atoms with Crippen LogP contribution in [-0.2, 0) is 9.53 Å². The second-order valence-corrected chi connectivity index (χ2v) is 6.71. The number of rotatable bonds is 4. The van der Waals surface area contributed by atoms with Gasteiger partial charge >= 0.3 is 0 Å². The summed E-state index contributed by atoms with van der Waals surface area (Å²) in [4.78, 5) is 12.4. The molecule has 0 aromatic carbocycles. The third kappa shape index (κ3) is 2.98. The maximum Gasteiger partial charge on any atom is 0.228 e. The number of nitrogens with zero attached hydrogens (tertiary/aromatic N) is 1. The average Bonchev–Trinajstić information content (AvgIpc) is 3.20. The number of carbonyl (C=O) groups is 1. The fraction of sp³-hybridized carbons (Fsp3) is 0.750. The Labute approximate surface area is 125 Å². The summed E-state index contributed by atoms with van der Waals surface area (Å²) in [6.45, 7) is 7.96. The highest BCUT2D eigenvalue weighted by atomic mass is 16.5. The van der Waals surface area contributed by atoms with E-state index in [1.165, 1.54) is 0 Å². The summed E-state index contributed by atoms with van der Waals surface area (Å²) in [7, 11) is 0. The van der Waals surface area contributed by atoms with E-state index in [9.17, 15) is 4.79 Å². The van der Waals surface area contributed by atoms with Crippen molar-refractivity contribution in [1.82, 2.24) is 10.2 Å². The quantitative estimate of drug-likeness (QED) is 0.896. The molecule has 0 bridgehead atoms. The second-order valence-electron chi connectivity index (χ2n) is 6.71. The predicted molar refractivity (Wildman–Crippen MR) is 81.2 cm³/mol. The van der Waals surface area contributed by atoms with Crippen molar-refractivity contribution < 1.29 is 9.53 Å². The van der Waals surface area contributed by atoms with Crippen LogP contribution in [0.4, 0.5) is 5.82 Å². The van der Waals surface area contributed by atoms with E-state index >= 15 is 0 Å². The molecule has 2 heterocycles. The Kier molecular flexibility index (Phi) is 4.02. The molecule has 5 nitrogen and oxygen atoms in total. The number of carbonyl (C=O) groups excluding carboxylic acids is 1. The first-order chi connectivity index (χ1) is 10.1. The van der Waals surface area contributed by atoms with Crippen molar-refractivity contribution in [3.63, 3.8) is 0 Å². The van der Waals surface area contributed by atoms with Gasteiger partial charge < -0.3 is 10.1 Å². The van der Waals surface area contributed by atoms with E-state index < -0.39 is 0 Å². The molecule has 1 amide bonds. The molecule has 2 fully saturated rings. The van der Waals surface area contributed by atoms with Crippen molar-refractivity contribution in [2.24, 2.45) is 17.8 Å². The number of anilines is 1. The van der Waals surface area contributed by atoms with Gasteiger partial charge in [0.05, 0.1) is 0 Å². The predicted octanol–water partition coefficient (Wildman–Crippen LogP) is 2.84. The molecule has 1 aliphatic heterocycles. The molecule has 2 N–H and O–H groups in total. The van der Waals surface area contributed by atoms with Crippen molar-refractivity contribution in [2.75, 3.05) is 18.5 Å². The summed E-state index contributed by atoms with van der Waals surface area (Å²) < 4.78 is 5.40. The highest BCUT2D eigenvalue weighted by Crippen LogP contribution is 2.48. The van der Waals surface area contributed by atoms with Crippen molar-refractivity contribution >= 4 is 11.7 Å². The molecular weight excluding hydrogens is 266 g/mol. The Morgan fingerprint density at radius 3 is 2.71 bits per heavy atom. The van der Waals surface area contributed by atoms with Gasteiger partial charge in [-0.1, -0.05) is 13.8 Å². The van der Waals surface area contributed by atoms with E-state index in [4.69, 9.17) is 4.74 Å². The molecule has 2 atom stereocenters. The number of ether oxygens (including phenoxy) is 1. The van der Waals surface area contributed by atoms with Gasteiger partial charge in [0, 0.05) is 30.4 Å². The third-order valence-electron chi connectivity index (χ3n) is 4.91. The number of amides is 1. The molecule has 0 unspecified atom stereocenters. The van der Waals surface area contributed by atoms with Gasteiger partial charge in [-0.2, -0.15) is 5.10 Å². The van der Waals surface area contributed by atoms with Crippen LogP contribution in [0.2, 0.25) is 0 Å².